The second-order valence-electron chi connectivity index (χ2n) is 0.949. The van der Waals surface area contributed by atoms with Crippen molar-refractivity contribution in [3.05, 3.63) is 12.3 Å². The molecule has 0 heterocycles. The lowest BCUT2D eigenvalue weighted by atomic mass is 10.7. The molecule has 7 heavy (non-hydrogen) atoms. The molecule has 0 rings (SSSR count). The molecule has 3 heteroatoms. The van der Waals surface area contributed by atoms with Gasteiger partial charge in [-0.25, -0.2) is 4.79 Å². The highest BCUT2D eigenvalue weighted by Crippen LogP contribution is 1.61. The fraction of sp³-hybridized carbons (Fsp3) is 0.250. The summed E-state index contributed by atoms with van der Waals surface area (Å²) >= 11 is 0. The average molecular weight is 101 g/mol. The SMILES string of the molecule is C/C=C\NC(=O)O. The lowest BCUT2D eigenvalue weighted by molar-refractivity contribution is 0.198. The molecule has 0 aromatic heterocycles. The van der Waals surface area contributed by atoms with E-state index in [2.05, 4.69) is 0 Å². The summed E-state index contributed by atoms with van der Waals surface area (Å²) in [5, 5.41) is 9.91. The molecule has 0 fully saturated rings. The molecule has 0 bridgehead atoms. The number of hydrogen-bond donors (Lipinski definition) is 2. The molecular weight excluding hydrogens is 94.0 g/mol. The fourth-order valence-electron chi connectivity index (χ4n) is 0.155. The van der Waals surface area contributed by atoms with Gasteiger partial charge in [-0.15, -0.1) is 0 Å². The lowest BCUT2D eigenvalue weighted by Crippen LogP contribution is -2.12. The molecule has 0 saturated carbocycles. The number of carbonyl (C=O) groups is 1. The summed E-state index contributed by atoms with van der Waals surface area (Å²) in [6.45, 7) is 1.73. The molecule has 0 spiro atoms. The van der Waals surface area contributed by atoms with Crippen LogP contribution in [-0.2, 0) is 0 Å². The zero-order valence-electron chi connectivity index (χ0n) is 4.01. The Bertz CT molecular complexity index is 87.7. The van der Waals surface area contributed by atoms with Crippen molar-refractivity contribution in [3.63, 3.8) is 0 Å². The molecule has 0 radical (unpaired) electrons. The monoisotopic (exact) mass is 101 g/mol. The first-order chi connectivity index (χ1) is 3.27. The van der Waals surface area contributed by atoms with E-state index in [0.717, 1.165) is 0 Å². The van der Waals surface area contributed by atoms with E-state index in [1.54, 1.807) is 13.0 Å². The summed E-state index contributed by atoms with van der Waals surface area (Å²) in [6, 6.07) is 0. The summed E-state index contributed by atoms with van der Waals surface area (Å²) in [5.41, 5.74) is 0. The quantitative estimate of drug-likeness (QED) is 0.513. The molecule has 0 aromatic carbocycles. The van der Waals surface area contributed by atoms with Gasteiger partial charge in [0.1, 0.15) is 0 Å². The predicted octanol–water partition coefficient (Wildman–Crippen LogP) is 0.788. The lowest BCUT2D eigenvalue weighted by Gasteiger charge is -1.83. The van der Waals surface area contributed by atoms with Gasteiger partial charge in [0.05, 0.1) is 0 Å². The van der Waals surface area contributed by atoms with Crippen molar-refractivity contribution in [2.75, 3.05) is 0 Å². The van der Waals surface area contributed by atoms with Crippen LogP contribution in [0.3, 0.4) is 0 Å². The predicted molar refractivity (Wildman–Crippen MR) is 26.0 cm³/mol. The molecule has 1 amide bonds. The number of rotatable bonds is 1. The maximum atomic E-state index is 9.60. The zero-order valence-corrected chi connectivity index (χ0v) is 4.01. The summed E-state index contributed by atoms with van der Waals surface area (Å²) < 4.78 is 0. The van der Waals surface area contributed by atoms with Gasteiger partial charge in [0.15, 0.2) is 0 Å². The minimum atomic E-state index is -1.03. The van der Waals surface area contributed by atoms with E-state index in [4.69, 9.17) is 5.11 Å². The Morgan fingerprint density at radius 3 is 2.57 bits per heavy atom. The van der Waals surface area contributed by atoms with E-state index in [0.29, 0.717) is 0 Å². The third-order valence-corrected chi connectivity index (χ3v) is 0.373. The van der Waals surface area contributed by atoms with Gasteiger partial charge in [0.2, 0.25) is 0 Å². The Morgan fingerprint density at radius 1 is 1.86 bits per heavy atom. The summed E-state index contributed by atoms with van der Waals surface area (Å²) in [7, 11) is 0. The Labute approximate surface area is 41.7 Å². The van der Waals surface area contributed by atoms with E-state index >= 15 is 0 Å². The highest BCUT2D eigenvalue weighted by Gasteiger charge is 1.81. The van der Waals surface area contributed by atoms with Crippen molar-refractivity contribution in [1.29, 1.82) is 0 Å². The van der Waals surface area contributed by atoms with Gasteiger partial charge in [0, 0.05) is 6.20 Å². The molecule has 0 aliphatic rings. The van der Waals surface area contributed by atoms with Crippen LogP contribution in [0.4, 0.5) is 4.79 Å². The molecule has 0 aliphatic heterocycles. The molecule has 2 N–H and O–H groups in total. The Morgan fingerprint density at radius 2 is 2.43 bits per heavy atom. The van der Waals surface area contributed by atoms with Crippen LogP contribution in [0.15, 0.2) is 12.3 Å². The van der Waals surface area contributed by atoms with Crippen molar-refractivity contribution in [1.82, 2.24) is 5.32 Å². The largest absolute Gasteiger partial charge is 0.465 e. The molecule has 0 saturated heterocycles. The third-order valence-electron chi connectivity index (χ3n) is 0.373. The van der Waals surface area contributed by atoms with Gasteiger partial charge < -0.3 is 5.11 Å². The van der Waals surface area contributed by atoms with Gasteiger partial charge >= 0.3 is 6.09 Å². The van der Waals surface area contributed by atoms with Crippen molar-refractivity contribution >= 4 is 6.09 Å². The number of nitrogens with one attached hydrogen (secondary N) is 1. The Balaban J connectivity index is 3.14. The minimum absolute atomic E-state index is 1.03. The normalized spacial score (nSPS) is 9.29. The van der Waals surface area contributed by atoms with Crippen LogP contribution in [0.1, 0.15) is 6.92 Å². The van der Waals surface area contributed by atoms with Crippen molar-refractivity contribution in [2.45, 2.75) is 6.92 Å². The average Bonchev–Trinajstić information content (AvgIpc) is 1.61. The van der Waals surface area contributed by atoms with Crippen molar-refractivity contribution < 1.29 is 9.90 Å². The number of amides is 1. The number of hydrogen-bond acceptors (Lipinski definition) is 1. The van der Waals surface area contributed by atoms with Crippen LogP contribution >= 0.6 is 0 Å². The van der Waals surface area contributed by atoms with E-state index < -0.39 is 6.09 Å². The highest BCUT2D eigenvalue weighted by atomic mass is 16.4. The topological polar surface area (TPSA) is 49.3 Å². The molecule has 40 valence electrons. The minimum Gasteiger partial charge on any atom is -0.465 e. The Kier molecular flexibility index (Phi) is 2.76. The van der Waals surface area contributed by atoms with Crippen LogP contribution in [0.5, 0.6) is 0 Å². The van der Waals surface area contributed by atoms with Crippen LogP contribution in [-0.4, -0.2) is 11.2 Å². The van der Waals surface area contributed by atoms with Gasteiger partial charge in [-0.3, -0.25) is 5.32 Å². The Hall–Kier alpha value is -0.990. The van der Waals surface area contributed by atoms with E-state index in [1.807, 2.05) is 5.32 Å². The third kappa shape index (κ3) is 5.01. The van der Waals surface area contributed by atoms with Gasteiger partial charge in [-0.1, -0.05) is 6.08 Å². The molecule has 0 unspecified atom stereocenters. The number of allylic oxidation sites excluding steroid dienone is 1. The molecular formula is C4H7NO2. The highest BCUT2D eigenvalue weighted by molar-refractivity contribution is 5.65. The van der Waals surface area contributed by atoms with Crippen molar-refractivity contribution in [2.24, 2.45) is 0 Å². The first-order valence-corrected chi connectivity index (χ1v) is 1.88. The second kappa shape index (κ2) is 3.21. The molecule has 0 aliphatic carbocycles. The van der Waals surface area contributed by atoms with E-state index in [-0.39, 0.29) is 0 Å². The van der Waals surface area contributed by atoms with Crippen LogP contribution in [0.2, 0.25) is 0 Å². The molecule has 0 atom stereocenters. The molecule has 3 nitrogen and oxygen atoms in total. The summed E-state index contributed by atoms with van der Waals surface area (Å²) in [6.07, 6.45) is 1.93. The fourth-order valence-corrected chi connectivity index (χ4v) is 0.155. The van der Waals surface area contributed by atoms with Gasteiger partial charge in [-0.2, -0.15) is 0 Å². The van der Waals surface area contributed by atoms with Crippen LogP contribution < -0.4 is 5.32 Å². The maximum absolute atomic E-state index is 9.60. The number of carboxylic acid groups (broad SMARTS) is 1. The van der Waals surface area contributed by atoms with Gasteiger partial charge in [-0.05, 0) is 6.92 Å². The van der Waals surface area contributed by atoms with Gasteiger partial charge in [0.25, 0.3) is 0 Å². The first kappa shape index (κ1) is 6.01. The first-order valence-electron chi connectivity index (χ1n) is 1.88. The summed E-state index contributed by atoms with van der Waals surface area (Å²) in [4.78, 5) is 9.60. The standard InChI is InChI=1S/C4H7NO2/c1-2-3-5-4(6)7/h2-3,5H,1H3,(H,6,7)/b3-2-. The van der Waals surface area contributed by atoms with Crippen LogP contribution in [0, 0.1) is 0 Å². The smallest absolute Gasteiger partial charge is 0.408 e. The van der Waals surface area contributed by atoms with E-state index in [9.17, 15) is 4.79 Å². The second-order valence-corrected chi connectivity index (χ2v) is 0.949. The van der Waals surface area contributed by atoms with E-state index in [1.165, 1.54) is 6.20 Å². The maximum Gasteiger partial charge on any atom is 0.408 e. The molecule has 0 aromatic rings. The van der Waals surface area contributed by atoms with Crippen molar-refractivity contribution in [3.8, 4) is 0 Å². The summed E-state index contributed by atoms with van der Waals surface area (Å²) in [5.74, 6) is 0. The zero-order chi connectivity index (χ0) is 5.70. The van der Waals surface area contributed by atoms with Crippen LogP contribution in [0.25, 0.3) is 0 Å².